The maximum atomic E-state index is 11.8. The SMILES string of the molecule is O=C1CC2C=CC(CC(=O)N1OCCBr)C2. The first-order valence-corrected chi connectivity index (χ1v) is 6.56. The number of hydroxylamine groups is 2. The van der Waals surface area contributed by atoms with Crippen LogP contribution in [-0.2, 0) is 14.4 Å². The van der Waals surface area contributed by atoms with Crippen LogP contribution in [0.1, 0.15) is 19.3 Å². The molecule has 2 atom stereocenters. The second-order valence-corrected chi connectivity index (χ2v) is 4.95. The standard InChI is InChI=1S/C11H14BrNO3/c12-3-4-16-13-10(14)6-8-1-2-9(5-8)7-11(13)15/h1-2,8-9H,3-7H2. The van der Waals surface area contributed by atoms with Gasteiger partial charge in [0.05, 0.1) is 6.61 Å². The zero-order chi connectivity index (χ0) is 11.5. The van der Waals surface area contributed by atoms with E-state index >= 15 is 0 Å². The minimum Gasteiger partial charge on any atom is -0.272 e. The molecule has 0 aromatic rings. The molecule has 0 N–H and O–H groups in total. The van der Waals surface area contributed by atoms with Crippen LogP contribution < -0.4 is 0 Å². The number of halogens is 1. The fourth-order valence-corrected chi connectivity index (χ4v) is 2.33. The van der Waals surface area contributed by atoms with Crippen molar-refractivity contribution in [2.75, 3.05) is 11.9 Å². The number of carbonyl (C=O) groups excluding carboxylic acids is 2. The lowest BCUT2D eigenvalue weighted by Gasteiger charge is -2.24. The number of amides is 2. The molecule has 4 nitrogen and oxygen atoms in total. The van der Waals surface area contributed by atoms with Crippen LogP contribution in [0.15, 0.2) is 12.2 Å². The molecule has 2 bridgehead atoms. The second-order valence-electron chi connectivity index (χ2n) is 4.15. The Balaban J connectivity index is 2.06. The molecule has 0 spiro atoms. The average molecular weight is 288 g/mol. The van der Waals surface area contributed by atoms with Gasteiger partial charge in [-0.15, -0.1) is 0 Å². The molecule has 1 heterocycles. The van der Waals surface area contributed by atoms with E-state index in [2.05, 4.69) is 15.9 Å². The van der Waals surface area contributed by atoms with Crippen molar-refractivity contribution < 1.29 is 14.4 Å². The maximum absolute atomic E-state index is 11.8. The van der Waals surface area contributed by atoms with Gasteiger partial charge < -0.3 is 0 Å². The molecular formula is C11H14BrNO3. The van der Waals surface area contributed by atoms with E-state index in [9.17, 15) is 9.59 Å². The number of hydrogen-bond acceptors (Lipinski definition) is 3. The molecule has 1 aliphatic carbocycles. The summed E-state index contributed by atoms with van der Waals surface area (Å²) in [5.74, 6) is 0.114. The minimum absolute atomic E-state index is 0.221. The van der Waals surface area contributed by atoms with Crippen molar-refractivity contribution in [1.82, 2.24) is 5.06 Å². The smallest absolute Gasteiger partial charge is 0.254 e. The third-order valence-electron chi connectivity index (χ3n) is 2.89. The van der Waals surface area contributed by atoms with Gasteiger partial charge in [0.2, 0.25) is 0 Å². The van der Waals surface area contributed by atoms with Gasteiger partial charge >= 0.3 is 0 Å². The highest BCUT2D eigenvalue weighted by molar-refractivity contribution is 9.09. The molecule has 2 rings (SSSR count). The van der Waals surface area contributed by atoms with Crippen molar-refractivity contribution in [1.29, 1.82) is 0 Å². The van der Waals surface area contributed by atoms with E-state index in [4.69, 9.17) is 4.84 Å². The van der Waals surface area contributed by atoms with Gasteiger partial charge in [-0.2, -0.15) is 5.06 Å². The highest BCUT2D eigenvalue weighted by Gasteiger charge is 2.33. The van der Waals surface area contributed by atoms with Crippen LogP contribution in [0.25, 0.3) is 0 Å². The molecule has 0 aromatic carbocycles. The Bertz CT molecular complexity index is 303. The van der Waals surface area contributed by atoms with Crippen LogP contribution in [0.4, 0.5) is 0 Å². The molecule has 1 fully saturated rings. The summed E-state index contributed by atoms with van der Waals surface area (Å²) in [6.07, 6.45) is 5.76. The van der Waals surface area contributed by atoms with Crippen LogP contribution in [0.5, 0.6) is 0 Å². The Morgan fingerprint density at radius 2 is 1.81 bits per heavy atom. The highest BCUT2D eigenvalue weighted by atomic mass is 79.9. The third-order valence-corrected chi connectivity index (χ3v) is 3.21. The molecule has 2 aliphatic rings. The van der Waals surface area contributed by atoms with Crippen molar-refractivity contribution >= 4 is 27.7 Å². The zero-order valence-corrected chi connectivity index (χ0v) is 10.5. The predicted octanol–water partition coefficient (Wildman–Crippen LogP) is 1.65. The Morgan fingerprint density at radius 1 is 1.25 bits per heavy atom. The van der Waals surface area contributed by atoms with Crippen molar-refractivity contribution in [3.63, 3.8) is 0 Å². The summed E-state index contributed by atoms with van der Waals surface area (Å²) in [5.41, 5.74) is 0. The summed E-state index contributed by atoms with van der Waals surface area (Å²) >= 11 is 3.20. The van der Waals surface area contributed by atoms with Gasteiger partial charge in [-0.25, -0.2) is 0 Å². The van der Waals surface area contributed by atoms with Crippen LogP contribution in [0.2, 0.25) is 0 Å². The number of rotatable bonds is 3. The van der Waals surface area contributed by atoms with E-state index in [1.807, 2.05) is 12.2 Å². The van der Waals surface area contributed by atoms with Crippen molar-refractivity contribution in [2.24, 2.45) is 11.8 Å². The fraction of sp³-hybridized carbons (Fsp3) is 0.636. The molecule has 0 radical (unpaired) electrons. The molecule has 2 amide bonds. The highest BCUT2D eigenvalue weighted by Crippen LogP contribution is 2.31. The van der Waals surface area contributed by atoms with E-state index in [-0.39, 0.29) is 23.7 Å². The summed E-state index contributed by atoms with van der Waals surface area (Å²) in [7, 11) is 0. The number of fused-ring (bicyclic) bond motifs is 2. The summed E-state index contributed by atoms with van der Waals surface area (Å²) in [6, 6.07) is 0. The third kappa shape index (κ3) is 2.52. The van der Waals surface area contributed by atoms with Crippen LogP contribution >= 0.6 is 15.9 Å². The number of carbonyl (C=O) groups is 2. The number of nitrogens with zero attached hydrogens (tertiary/aromatic N) is 1. The van der Waals surface area contributed by atoms with Gasteiger partial charge in [-0.05, 0) is 18.3 Å². The normalized spacial score (nSPS) is 29.4. The van der Waals surface area contributed by atoms with Crippen LogP contribution in [0, 0.1) is 11.8 Å². The first kappa shape index (κ1) is 11.8. The molecule has 0 aromatic heterocycles. The molecule has 16 heavy (non-hydrogen) atoms. The van der Waals surface area contributed by atoms with Crippen molar-refractivity contribution in [3.05, 3.63) is 12.2 Å². The lowest BCUT2D eigenvalue weighted by molar-refractivity contribution is -0.195. The Morgan fingerprint density at radius 3 is 2.31 bits per heavy atom. The number of alkyl halides is 1. The number of allylic oxidation sites excluding steroid dienone is 2. The Hall–Kier alpha value is -0.680. The lowest BCUT2D eigenvalue weighted by atomic mass is 9.95. The molecule has 1 saturated heterocycles. The van der Waals surface area contributed by atoms with Crippen molar-refractivity contribution in [3.8, 4) is 0 Å². The van der Waals surface area contributed by atoms with E-state index in [1.165, 1.54) is 0 Å². The van der Waals surface area contributed by atoms with Gasteiger partial charge in [0.25, 0.3) is 11.8 Å². The van der Waals surface area contributed by atoms with Crippen LogP contribution in [-0.4, -0.2) is 28.8 Å². The van der Waals surface area contributed by atoms with Crippen LogP contribution in [0.3, 0.4) is 0 Å². The summed E-state index contributed by atoms with van der Waals surface area (Å²) in [6.45, 7) is 0.334. The minimum atomic E-state index is -0.221. The largest absolute Gasteiger partial charge is 0.272 e. The Kier molecular flexibility index (Phi) is 3.76. The summed E-state index contributed by atoms with van der Waals surface area (Å²) in [4.78, 5) is 28.8. The quantitative estimate of drug-likeness (QED) is 0.451. The first-order chi connectivity index (χ1) is 7.70. The maximum Gasteiger partial charge on any atom is 0.254 e. The predicted molar refractivity (Wildman–Crippen MR) is 61.6 cm³/mol. The Labute approximate surface area is 103 Å². The lowest BCUT2D eigenvalue weighted by Crippen LogP contribution is -2.40. The first-order valence-electron chi connectivity index (χ1n) is 5.43. The van der Waals surface area contributed by atoms with E-state index in [0.29, 0.717) is 24.8 Å². The molecule has 1 aliphatic heterocycles. The van der Waals surface area contributed by atoms with Gasteiger partial charge in [-0.3, -0.25) is 14.4 Å². The molecule has 0 saturated carbocycles. The van der Waals surface area contributed by atoms with Gasteiger partial charge in [0.1, 0.15) is 0 Å². The van der Waals surface area contributed by atoms with Gasteiger partial charge in [0.15, 0.2) is 0 Å². The summed E-state index contributed by atoms with van der Waals surface area (Å²) in [5, 5.41) is 1.56. The number of hydrogen-bond donors (Lipinski definition) is 0. The number of imide groups is 1. The molecule has 88 valence electrons. The van der Waals surface area contributed by atoms with Gasteiger partial charge in [0, 0.05) is 18.2 Å². The molecule has 5 heteroatoms. The van der Waals surface area contributed by atoms with Crippen molar-refractivity contribution in [2.45, 2.75) is 19.3 Å². The molecular weight excluding hydrogens is 274 g/mol. The summed E-state index contributed by atoms with van der Waals surface area (Å²) < 4.78 is 0. The molecule has 2 unspecified atom stereocenters. The second kappa shape index (κ2) is 5.10. The average Bonchev–Trinajstić information content (AvgIpc) is 2.65. The van der Waals surface area contributed by atoms with Gasteiger partial charge in [-0.1, -0.05) is 28.1 Å². The van der Waals surface area contributed by atoms with E-state index in [1.54, 1.807) is 0 Å². The monoisotopic (exact) mass is 287 g/mol. The van der Waals surface area contributed by atoms with E-state index in [0.717, 1.165) is 11.5 Å². The zero-order valence-electron chi connectivity index (χ0n) is 8.89. The topological polar surface area (TPSA) is 46.6 Å². The van der Waals surface area contributed by atoms with E-state index < -0.39 is 0 Å². The fourth-order valence-electron chi connectivity index (χ4n) is 2.19.